The molecular weight excluding hydrogens is 227 g/mol. The quantitative estimate of drug-likeness (QED) is 0.814. The fraction of sp³-hybridized carbons (Fsp3) is 0.300. The van der Waals surface area contributed by atoms with E-state index in [1.54, 1.807) is 0 Å². The summed E-state index contributed by atoms with van der Waals surface area (Å²) >= 11 is 0. The van der Waals surface area contributed by atoms with Gasteiger partial charge < -0.3 is 15.4 Å². The number of aromatic nitrogens is 3. The summed E-state index contributed by atoms with van der Waals surface area (Å²) < 4.78 is 17.6. The van der Waals surface area contributed by atoms with Crippen LogP contribution in [0, 0.1) is 5.82 Å². The average molecular weight is 238 g/mol. The van der Waals surface area contributed by atoms with Crippen molar-refractivity contribution in [2.45, 2.75) is 19.1 Å². The number of pyridine rings is 1. The van der Waals surface area contributed by atoms with Gasteiger partial charge in [0.15, 0.2) is 0 Å². The Morgan fingerprint density at radius 2 is 2.24 bits per heavy atom. The van der Waals surface area contributed by atoms with Crippen LogP contribution in [0.5, 0.6) is 0 Å². The molecule has 7 heteroatoms. The van der Waals surface area contributed by atoms with Gasteiger partial charge in [-0.25, -0.2) is 9.37 Å². The summed E-state index contributed by atoms with van der Waals surface area (Å²) in [5, 5.41) is 12.9. The average Bonchev–Trinajstić information content (AvgIpc) is 2.78. The molecule has 6 nitrogen and oxygen atoms in total. The van der Waals surface area contributed by atoms with Gasteiger partial charge in [-0.1, -0.05) is 5.16 Å². The Morgan fingerprint density at radius 3 is 2.82 bits per heavy atom. The monoisotopic (exact) mass is 238 g/mol. The Labute approximate surface area is 96.3 Å². The summed E-state index contributed by atoms with van der Waals surface area (Å²) in [6, 6.07) is 1.92. The number of halogens is 1. The molecule has 0 aliphatic carbocycles. The molecule has 2 unspecified atom stereocenters. The minimum atomic E-state index is -0.801. The third kappa shape index (κ3) is 2.45. The van der Waals surface area contributed by atoms with Gasteiger partial charge in [0.05, 0.1) is 12.3 Å². The molecule has 0 aliphatic rings. The molecule has 0 saturated heterocycles. The van der Waals surface area contributed by atoms with Gasteiger partial charge in [-0.2, -0.15) is 4.98 Å². The summed E-state index contributed by atoms with van der Waals surface area (Å²) in [6.45, 7) is 1.52. The van der Waals surface area contributed by atoms with E-state index in [9.17, 15) is 9.50 Å². The van der Waals surface area contributed by atoms with Crippen molar-refractivity contribution in [3.63, 3.8) is 0 Å². The first-order valence-electron chi connectivity index (χ1n) is 4.97. The number of aliphatic hydroxyl groups is 1. The zero-order chi connectivity index (χ0) is 12.4. The van der Waals surface area contributed by atoms with E-state index in [-0.39, 0.29) is 11.7 Å². The van der Waals surface area contributed by atoms with Crippen molar-refractivity contribution in [3.8, 4) is 11.5 Å². The predicted octanol–water partition coefficient (Wildman–Crippen LogP) is 0.651. The molecule has 2 rings (SSSR count). The van der Waals surface area contributed by atoms with E-state index in [0.29, 0.717) is 5.69 Å². The highest BCUT2D eigenvalue weighted by atomic mass is 19.1. The lowest BCUT2D eigenvalue weighted by atomic mass is 10.2. The largest absolute Gasteiger partial charge is 0.391 e. The first-order valence-corrected chi connectivity index (χ1v) is 4.97. The molecular formula is C10H11FN4O2. The van der Waals surface area contributed by atoms with E-state index in [2.05, 4.69) is 15.1 Å². The van der Waals surface area contributed by atoms with Gasteiger partial charge in [-0.3, -0.25) is 0 Å². The van der Waals surface area contributed by atoms with Crippen molar-refractivity contribution in [1.29, 1.82) is 0 Å². The number of hydrogen-bond acceptors (Lipinski definition) is 6. The highest BCUT2D eigenvalue weighted by molar-refractivity contribution is 5.47. The van der Waals surface area contributed by atoms with Crippen molar-refractivity contribution in [2.24, 2.45) is 5.73 Å². The maximum Gasteiger partial charge on any atom is 0.246 e. The maximum atomic E-state index is 12.7. The van der Waals surface area contributed by atoms with Crippen LogP contribution >= 0.6 is 0 Å². The van der Waals surface area contributed by atoms with E-state index < -0.39 is 18.0 Å². The van der Waals surface area contributed by atoms with Crippen molar-refractivity contribution >= 4 is 0 Å². The van der Waals surface area contributed by atoms with E-state index >= 15 is 0 Å². The lowest BCUT2D eigenvalue weighted by Crippen LogP contribution is -2.23. The molecule has 2 aromatic rings. The van der Waals surface area contributed by atoms with Crippen LogP contribution in [0.2, 0.25) is 0 Å². The molecule has 0 saturated carbocycles. The van der Waals surface area contributed by atoms with E-state index in [4.69, 9.17) is 10.3 Å². The van der Waals surface area contributed by atoms with Crippen molar-refractivity contribution in [2.75, 3.05) is 0 Å². The molecule has 3 N–H and O–H groups in total. The molecule has 0 amide bonds. The van der Waals surface area contributed by atoms with E-state index in [1.165, 1.54) is 19.1 Å². The van der Waals surface area contributed by atoms with E-state index in [0.717, 1.165) is 6.20 Å². The van der Waals surface area contributed by atoms with Crippen LogP contribution in [-0.2, 0) is 0 Å². The fourth-order valence-electron chi connectivity index (χ4n) is 1.19. The van der Waals surface area contributed by atoms with Crippen LogP contribution in [-0.4, -0.2) is 26.3 Å². The second-order valence-electron chi connectivity index (χ2n) is 3.58. The van der Waals surface area contributed by atoms with Gasteiger partial charge in [-0.15, -0.1) is 0 Å². The number of nitrogens with zero attached hydrogens (tertiary/aromatic N) is 3. The molecule has 17 heavy (non-hydrogen) atoms. The Hall–Kier alpha value is -1.86. The Balaban J connectivity index is 2.26. The van der Waals surface area contributed by atoms with Gasteiger partial charge in [0.2, 0.25) is 11.7 Å². The summed E-state index contributed by atoms with van der Waals surface area (Å²) in [5.74, 6) is -0.129. The van der Waals surface area contributed by atoms with Gasteiger partial charge in [0.25, 0.3) is 0 Å². The minimum absolute atomic E-state index is 0.112. The van der Waals surface area contributed by atoms with Gasteiger partial charge in [0, 0.05) is 0 Å². The highest BCUT2D eigenvalue weighted by Gasteiger charge is 2.20. The normalized spacial score (nSPS) is 14.6. The minimum Gasteiger partial charge on any atom is -0.391 e. The fourth-order valence-corrected chi connectivity index (χ4v) is 1.19. The molecule has 0 fully saturated rings. The third-order valence-electron chi connectivity index (χ3n) is 2.20. The molecule has 90 valence electrons. The summed E-state index contributed by atoms with van der Waals surface area (Å²) in [4.78, 5) is 7.79. The molecule has 0 radical (unpaired) electrons. The SMILES string of the molecule is CC(O)C(N)c1nc(-c2ccc(F)cn2)no1. The lowest BCUT2D eigenvalue weighted by molar-refractivity contribution is 0.146. The molecule has 2 heterocycles. The third-order valence-corrected chi connectivity index (χ3v) is 2.20. The smallest absolute Gasteiger partial charge is 0.246 e. The number of nitrogens with two attached hydrogens (primary N) is 1. The van der Waals surface area contributed by atoms with Crippen LogP contribution < -0.4 is 5.73 Å². The van der Waals surface area contributed by atoms with Crippen molar-refractivity contribution in [3.05, 3.63) is 30.0 Å². The summed E-state index contributed by atoms with van der Waals surface area (Å²) in [6.07, 6.45) is 0.254. The number of aliphatic hydroxyl groups excluding tert-OH is 1. The first kappa shape index (κ1) is 11.6. The standard InChI is InChI=1S/C10H11FN4O2/c1-5(16)8(12)10-14-9(15-17-10)7-3-2-6(11)4-13-7/h2-5,8,16H,12H2,1H3. The van der Waals surface area contributed by atoms with Crippen molar-refractivity contribution in [1.82, 2.24) is 15.1 Å². The molecule has 2 atom stereocenters. The van der Waals surface area contributed by atoms with Crippen LogP contribution in [0.15, 0.2) is 22.9 Å². The maximum absolute atomic E-state index is 12.7. The van der Waals surface area contributed by atoms with Crippen LogP contribution in [0.1, 0.15) is 18.9 Å². The van der Waals surface area contributed by atoms with E-state index in [1.807, 2.05) is 0 Å². The topological polar surface area (TPSA) is 98.1 Å². The summed E-state index contributed by atoms with van der Waals surface area (Å²) in [7, 11) is 0. The van der Waals surface area contributed by atoms with Crippen LogP contribution in [0.4, 0.5) is 4.39 Å². The number of rotatable bonds is 3. The molecule has 2 aromatic heterocycles. The number of hydrogen-bond donors (Lipinski definition) is 2. The first-order chi connectivity index (χ1) is 8.08. The Morgan fingerprint density at radius 1 is 1.47 bits per heavy atom. The second-order valence-corrected chi connectivity index (χ2v) is 3.58. The Kier molecular flexibility index (Phi) is 3.12. The zero-order valence-corrected chi connectivity index (χ0v) is 9.04. The van der Waals surface area contributed by atoms with Gasteiger partial charge in [-0.05, 0) is 19.1 Å². The molecule has 0 aliphatic heterocycles. The second kappa shape index (κ2) is 4.56. The molecule has 0 aromatic carbocycles. The lowest BCUT2D eigenvalue weighted by Gasteiger charge is -2.08. The predicted molar refractivity (Wildman–Crippen MR) is 56.1 cm³/mol. The van der Waals surface area contributed by atoms with Crippen molar-refractivity contribution < 1.29 is 14.0 Å². The van der Waals surface area contributed by atoms with Crippen LogP contribution in [0.3, 0.4) is 0 Å². The van der Waals surface area contributed by atoms with Gasteiger partial charge >= 0.3 is 0 Å². The molecule has 0 spiro atoms. The summed E-state index contributed by atoms with van der Waals surface area (Å²) in [5.41, 5.74) is 6.00. The molecule has 0 bridgehead atoms. The highest BCUT2D eigenvalue weighted by Crippen LogP contribution is 2.17. The van der Waals surface area contributed by atoms with Gasteiger partial charge in [0.1, 0.15) is 17.6 Å². The van der Waals surface area contributed by atoms with Crippen LogP contribution in [0.25, 0.3) is 11.5 Å². The Bertz CT molecular complexity index is 497. The zero-order valence-electron chi connectivity index (χ0n) is 9.04.